The normalized spacial score (nSPS) is 18.0. The third-order valence-corrected chi connectivity index (χ3v) is 7.01. The van der Waals surface area contributed by atoms with Crippen LogP contribution in [-0.2, 0) is 23.3 Å². The van der Waals surface area contributed by atoms with Crippen LogP contribution in [0.3, 0.4) is 0 Å². The van der Waals surface area contributed by atoms with E-state index in [0.717, 1.165) is 56.4 Å². The lowest BCUT2D eigenvalue weighted by Crippen LogP contribution is -2.55. The van der Waals surface area contributed by atoms with Gasteiger partial charge in [-0.05, 0) is 43.5 Å². The molecule has 4 heterocycles. The molecule has 0 bridgehead atoms. The Bertz CT molecular complexity index is 1070. The van der Waals surface area contributed by atoms with E-state index in [4.69, 9.17) is 9.47 Å². The lowest BCUT2D eigenvalue weighted by molar-refractivity contribution is 0.0754. The average molecular weight is 435 g/mol. The molecule has 1 spiro atoms. The smallest absolute Gasteiger partial charge is 0.232 e. The number of fused-ring (bicyclic) bond motifs is 2. The molecule has 3 aromatic rings. The molecule has 8 nitrogen and oxygen atoms in total. The van der Waals surface area contributed by atoms with Crippen LogP contribution in [0.1, 0.15) is 29.8 Å². The molecular formula is C24H30N6O2. The number of rotatable bonds is 5. The van der Waals surface area contributed by atoms with Gasteiger partial charge in [0.2, 0.25) is 11.8 Å². The van der Waals surface area contributed by atoms with Gasteiger partial charge < -0.3 is 14.4 Å². The molecule has 0 aliphatic carbocycles. The zero-order valence-electron chi connectivity index (χ0n) is 19.0. The summed E-state index contributed by atoms with van der Waals surface area (Å²) in [6, 6.07) is 12.8. The summed E-state index contributed by atoms with van der Waals surface area (Å²) in [7, 11) is 5.56. The predicted octanol–water partition coefficient (Wildman–Crippen LogP) is 2.80. The van der Waals surface area contributed by atoms with Crippen molar-refractivity contribution >= 4 is 5.95 Å². The van der Waals surface area contributed by atoms with Crippen LogP contribution in [0.5, 0.6) is 5.88 Å². The summed E-state index contributed by atoms with van der Waals surface area (Å²) < 4.78 is 12.7. The maximum absolute atomic E-state index is 5.39. The Morgan fingerprint density at radius 1 is 1.00 bits per heavy atom. The number of piperidine rings is 1. The second-order valence-corrected chi connectivity index (χ2v) is 8.59. The van der Waals surface area contributed by atoms with Crippen LogP contribution in [0.25, 0.3) is 5.69 Å². The number of pyridine rings is 1. The largest absolute Gasteiger partial charge is 0.481 e. The van der Waals surface area contributed by atoms with Gasteiger partial charge in [0.15, 0.2) is 5.82 Å². The van der Waals surface area contributed by atoms with Gasteiger partial charge in [-0.1, -0.05) is 24.3 Å². The quantitative estimate of drug-likeness (QED) is 0.612. The Labute approximate surface area is 188 Å². The van der Waals surface area contributed by atoms with Crippen molar-refractivity contribution in [1.82, 2.24) is 24.6 Å². The Morgan fingerprint density at radius 2 is 1.81 bits per heavy atom. The first-order chi connectivity index (χ1) is 15.7. The van der Waals surface area contributed by atoms with Crippen molar-refractivity contribution < 1.29 is 9.47 Å². The third-order valence-electron chi connectivity index (χ3n) is 7.01. The molecular weight excluding hydrogens is 404 g/mol. The van der Waals surface area contributed by atoms with E-state index >= 15 is 0 Å². The minimum Gasteiger partial charge on any atom is -0.481 e. The van der Waals surface area contributed by atoms with Gasteiger partial charge in [-0.25, -0.2) is 4.98 Å². The van der Waals surface area contributed by atoms with Crippen LogP contribution in [0, 0.1) is 0 Å². The van der Waals surface area contributed by atoms with E-state index in [-0.39, 0.29) is 5.54 Å². The highest BCUT2D eigenvalue weighted by molar-refractivity contribution is 5.46. The Balaban J connectivity index is 1.45. The second-order valence-electron chi connectivity index (χ2n) is 8.59. The van der Waals surface area contributed by atoms with Crippen LogP contribution in [-0.4, -0.2) is 65.5 Å². The van der Waals surface area contributed by atoms with Crippen molar-refractivity contribution in [2.24, 2.45) is 0 Å². The van der Waals surface area contributed by atoms with Gasteiger partial charge in [-0.15, -0.1) is 10.2 Å². The number of aromatic nitrogens is 4. The van der Waals surface area contributed by atoms with Gasteiger partial charge in [0.05, 0.1) is 19.0 Å². The summed E-state index contributed by atoms with van der Waals surface area (Å²) in [6.45, 7) is 3.30. The maximum Gasteiger partial charge on any atom is 0.232 e. The molecule has 0 N–H and O–H groups in total. The fraction of sp³-hybridized carbons (Fsp3) is 0.458. The number of benzene rings is 1. The minimum atomic E-state index is 0.0905. The van der Waals surface area contributed by atoms with Gasteiger partial charge in [-0.3, -0.25) is 9.47 Å². The Hall–Kier alpha value is -2.97. The van der Waals surface area contributed by atoms with Crippen LogP contribution in [0.4, 0.5) is 5.95 Å². The number of likely N-dealkylation sites (N-methyl/N-ethyl adjacent to an activating group) is 1. The molecule has 0 saturated carbocycles. The number of methoxy groups -OCH3 is 2. The molecule has 0 atom stereocenters. The van der Waals surface area contributed by atoms with E-state index in [1.165, 1.54) is 11.1 Å². The van der Waals surface area contributed by atoms with Crippen molar-refractivity contribution in [2.45, 2.75) is 31.4 Å². The summed E-state index contributed by atoms with van der Waals surface area (Å²) in [5, 5.41) is 8.99. The lowest BCUT2D eigenvalue weighted by Gasteiger charge is -2.51. The molecule has 1 saturated heterocycles. The van der Waals surface area contributed by atoms with Crippen LogP contribution < -0.4 is 9.64 Å². The van der Waals surface area contributed by atoms with E-state index < -0.39 is 0 Å². The highest BCUT2D eigenvalue weighted by Crippen LogP contribution is 2.43. The number of hydrogen-bond acceptors (Lipinski definition) is 7. The van der Waals surface area contributed by atoms with Crippen LogP contribution in [0.15, 0.2) is 42.6 Å². The Morgan fingerprint density at radius 3 is 2.53 bits per heavy atom. The van der Waals surface area contributed by atoms with Gasteiger partial charge in [-0.2, -0.15) is 0 Å². The van der Waals surface area contributed by atoms with E-state index in [1.54, 1.807) is 20.4 Å². The van der Waals surface area contributed by atoms with Crippen molar-refractivity contribution in [2.75, 3.05) is 45.8 Å². The topological polar surface area (TPSA) is 68.5 Å². The van der Waals surface area contributed by atoms with E-state index in [9.17, 15) is 0 Å². The standard InChI is InChI=1S/C24H30N6O2/c1-28-13-10-18-6-4-5-7-20(18)24(28)11-14-29(15-12-24)23-27-26-21(17-31-2)30(23)19-8-9-22(32-3)25-16-19/h4-9,16H,10-15,17H2,1-3H3. The fourth-order valence-corrected chi connectivity index (χ4v) is 5.25. The summed E-state index contributed by atoms with van der Waals surface area (Å²) in [6.07, 6.45) is 5.01. The number of anilines is 1. The third kappa shape index (κ3) is 3.43. The first-order valence-electron chi connectivity index (χ1n) is 11.1. The highest BCUT2D eigenvalue weighted by atomic mass is 16.5. The summed E-state index contributed by atoms with van der Waals surface area (Å²) in [5.41, 5.74) is 3.98. The molecule has 2 aromatic heterocycles. The van der Waals surface area contributed by atoms with Crippen molar-refractivity contribution in [3.8, 4) is 11.6 Å². The molecule has 0 radical (unpaired) electrons. The van der Waals surface area contributed by atoms with Gasteiger partial charge in [0.1, 0.15) is 6.61 Å². The Kier molecular flexibility index (Phi) is 5.57. The zero-order chi connectivity index (χ0) is 22.1. The first kappa shape index (κ1) is 20.9. The molecule has 1 aromatic carbocycles. The van der Waals surface area contributed by atoms with Crippen LogP contribution in [0.2, 0.25) is 0 Å². The average Bonchev–Trinajstić information content (AvgIpc) is 3.26. The summed E-state index contributed by atoms with van der Waals surface area (Å²) in [4.78, 5) is 9.28. The predicted molar refractivity (Wildman–Crippen MR) is 122 cm³/mol. The number of ether oxygens (including phenoxy) is 2. The van der Waals surface area contributed by atoms with E-state index in [2.05, 4.69) is 56.3 Å². The first-order valence-corrected chi connectivity index (χ1v) is 11.1. The van der Waals surface area contributed by atoms with E-state index in [1.807, 2.05) is 16.7 Å². The maximum atomic E-state index is 5.39. The number of nitrogens with zero attached hydrogens (tertiary/aromatic N) is 6. The van der Waals surface area contributed by atoms with Crippen LogP contribution >= 0.6 is 0 Å². The SMILES string of the molecule is COCc1nnc(N2CCC3(CC2)c2ccccc2CCN3C)n1-c1ccc(OC)nc1. The molecule has 5 rings (SSSR count). The molecule has 8 heteroatoms. The zero-order valence-corrected chi connectivity index (χ0v) is 19.0. The van der Waals surface area contributed by atoms with Crippen molar-refractivity contribution in [1.29, 1.82) is 0 Å². The van der Waals surface area contributed by atoms with Gasteiger partial charge in [0.25, 0.3) is 0 Å². The molecule has 168 valence electrons. The lowest BCUT2D eigenvalue weighted by atomic mass is 9.74. The molecule has 32 heavy (non-hydrogen) atoms. The highest BCUT2D eigenvalue weighted by Gasteiger charge is 2.43. The number of hydrogen-bond donors (Lipinski definition) is 0. The second kappa shape index (κ2) is 8.52. The van der Waals surface area contributed by atoms with Gasteiger partial charge >= 0.3 is 0 Å². The molecule has 1 fully saturated rings. The monoisotopic (exact) mass is 434 g/mol. The molecule has 2 aliphatic heterocycles. The summed E-state index contributed by atoms with van der Waals surface area (Å²) in [5.74, 6) is 2.18. The summed E-state index contributed by atoms with van der Waals surface area (Å²) >= 11 is 0. The van der Waals surface area contributed by atoms with E-state index in [0.29, 0.717) is 12.5 Å². The van der Waals surface area contributed by atoms with Crippen molar-refractivity contribution in [3.05, 3.63) is 59.5 Å². The molecule has 0 amide bonds. The van der Waals surface area contributed by atoms with Gasteiger partial charge in [0, 0.05) is 38.3 Å². The molecule has 0 unspecified atom stereocenters. The minimum absolute atomic E-state index is 0.0905. The van der Waals surface area contributed by atoms with Crippen molar-refractivity contribution in [3.63, 3.8) is 0 Å². The fourth-order valence-electron chi connectivity index (χ4n) is 5.25. The molecule has 2 aliphatic rings.